The number of anilines is 1. The van der Waals surface area contributed by atoms with Crippen molar-refractivity contribution < 1.29 is 14.5 Å². The highest BCUT2D eigenvalue weighted by Crippen LogP contribution is 2.42. The Morgan fingerprint density at radius 3 is 2.45 bits per heavy atom. The van der Waals surface area contributed by atoms with Crippen LogP contribution in [0, 0.1) is 10.1 Å². The second-order valence-corrected chi connectivity index (χ2v) is 5.31. The summed E-state index contributed by atoms with van der Waals surface area (Å²) in [5, 5.41) is 14.0. The van der Waals surface area contributed by atoms with Crippen LogP contribution in [0.3, 0.4) is 0 Å². The van der Waals surface area contributed by atoms with E-state index in [1.54, 1.807) is 12.1 Å². The number of carbonyl (C=O) groups is 2. The van der Waals surface area contributed by atoms with E-state index in [1.807, 2.05) is 0 Å². The summed E-state index contributed by atoms with van der Waals surface area (Å²) in [6.45, 7) is 1.24. The Labute approximate surface area is 129 Å². The van der Waals surface area contributed by atoms with Crippen LogP contribution >= 0.6 is 11.6 Å². The van der Waals surface area contributed by atoms with Crippen LogP contribution in [-0.4, -0.2) is 16.6 Å². The maximum Gasteiger partial charge on any atom is 0.293 e. The first-order chi connectivity index (χ1) is 10.4. The third-order valence-corrected chi connectivity index (χ3v) is 3.64. The van der Waals surface area contributed by atoms with Crippen LogP contribution < -0.4 is 5.32 Å². The summed E-state index contributed by atoms with van der Waals surface area (Å²) in [5.74, 6) is -0.719. The van der Waals surface area contributed by atoms with E-state index in [-0.39, 0.29) is 17.2 Å². The van der Waals surface area contributed by atoms with Gasteiger partial charge in [0, 0.05) is 34.7 Å². The fourth-order valence-electron chi connectivity index (χ4n) is 2.52. The van der Waals surface area contributed by atoms with Crippen LogP contribution in [0.4, 0.5) is 11.4 Å². The Bertz CT molecular complexity index is 861. The number of carbonyl (C=O) groups excluding carboxylic acids is 2. The molecule has 0 heterocycles. The number of nitro groups is 1. The van der Waals surface area contributed by atoms with Crippen molar-refractivity contribution in [2.24, 2.45) is 0 Å². The molecule has 1 aliphatic rings. The number of ketones is 1. The lowest BCUT2D eigenvalue weighted by Crippen LogP contribution is -2.09. The summed E-state index contributed by atoms with van der Waals surface area (Å²) in [7, 11) is 0. The van der Waals surface area contributed by atoms with Gasteiger partial charge >= 0.3 is 0 Å². The second kappa shape index (κ2) is 4.92. The minimum atomic E-state index is -0.593. The third-order valence-electron chi connectivity index (χ3n) is 3.40. The molecule has 22 heavy (non-hydrogen) atoms. The molecular formula is C15H9ClN2O4. The van der Waals surface area contributed by atoms with Crippen LogP contribution in [0.2, 0.25) is 5.02 Å². The van der Waals surface area contributed by atoms with Crippen LogP contribution in [0.25, 0.3) is 11.1 Å². The smallest absolute Gasteiger partial charge is 0.293 e. The number of nitrogens with zero attached hydrogens (tertiary/aromatic N) is 1. The molecule has 0 saturated carbocycles. The molecule has 0 radical (unpaired) electrons. The molecular weight excluding hydrogens is 308 g/mol. The third kappa shape index (κ3) is 2.14. The number of hydrogen-bond acceptors (Lipinski definition) is 4. The molecule has 3 rings (SSSR count). The number of nitro benzene ring substituents is 1. The molecule has 1 N–H and O–H groups in total. The van der Waals surface area contributed by atoms with Crippen molar-refractivity contribution in [2.45, 2.75) is 6.92 Å². The van der Waals surface area contributed by atoms with E-state index in [2.05, 4.69) is 5.32 Å². The predicted octanol–water partition coefficient (Wildman–Crippen LogP) is 3.42. The minimum absolute atomic E-state index is 0.00324. The van der Waals surface area contributed by atoms with Crippen molar-refractivity contribution in [2.75, 3.05) is 5.32 Å². The molecule has 7 heteroatoms. The first-order valence-electron chi connectivity index (χ1n) is 6.33. The second-order valence-electron chi connectivity index (χ2n) is 4.87. The number of hydrogen-bond donors (Lipinski definition) is 1. The highest BCUT2D eigenvalue weighted by Gasteiger charge is 2.31. The molecule has 0 fully saturated rings. The number of halogens is 1. The normalized spacial score (nSPS) is 11.8. The maximum absolute atomic E-state index is 12.4. The van der Waals surface area contributed by atoms with Gasteiger partial charge in [0.05, 0.1) is 4.92 Å². The van der Waals surface area contributed by atoms with Gasteiger partial charge in [0.15, 0.2) is 5.78 Å². The minimum Gasteiger partial charge on any atom is -0.321 e. The van der Waals surface area contributed by atoms with Crippen LogP contribution in [0.1, 0.15) is 22.8 Å². The van der Waals surface area contributed by atoms with E-state index in [0.29, 0.717) is 27.3 Å². The van der Waals surface area contributed by atoms with Gasteiger partial charge in [-0.25, -0.2) is 0 Å². The topological polar surface area (TPSA) is 89.3 Å². The molecule has 1 amide bonds. The van der Waals surface area contributed by atoms with Gasteiger partial charge in [0.25, 0.3) is 5.69 Å². The predicted molar refractivity (Wildman–Crippen MR) is 81.3 cm³/mol. The van der Waals surface area contributed by atoms with E-state index in [4.69, 9.17) is 11.6 Å². The van der Waals surface area contributed by atoms with Crippen LogP contribution in [-0.2, 0) is 4.79 Å². The Kier molecular flexibility index (Phi) is 3.18. The molecule has 0 atom stereocenters. The highest BCUT2D eigenvalue weighted by molar-refractivity contribution is 6.32. The maximum atomic E-state index is 12.4. The van der Waals surface area contributed by atoms with Crippen molar-refractivity contribution >= 4 is 34.7 Å². The van der Waals surface area contributed by atoms with E-state index < -0.39 is 10.8 Å². The number of amides is 1. The molecule has 110 valence electrons. The molecule has 6 nitrogen and oxygen atoms in total. The lowest BCUT2D eigenvalue weighted by molar-refractivity contribution is -0.383. The molecule has 0 unspecified atom stereocenters. The fourth-order valence-corrected chi connectivity index (χ4v) is 2.70. The van der Waals surface area contributed by atoms with E-state index in [0.717, 1.165) is 0 Å². The molecule has 0 spiro atoms. The summed E-state index contributed by atoms with van der Waals surface area (Å²) in [6.07, 6.45) is 0. The fraction of sp³-hybridized carbons (Fsp3) is 0.0667. The van der Waals surface area contributed by atoms with Crippen molar-refractivity contribution in [1.82, 2.24) is 0 Å². The van der Waals surface area contributed by atoms with Gasteiger partial charge in [0.1, 0.15) is 5.69 Å². The average molecular weight is 317 g/mol. The van der Waals surface area contributed by atoms with E-state index in [1.165, 1.54) is 25.1 Å². The zero-order chi connectivity index (χ0) is 16.0. The van der Waals surface area contributed by atoms with Gasteiger partial charge in [0.2, 0.25) is 5.91 Å². The highest BCUT2D eigenvalue weighted by atomic mass is 35.5. The number of fused-ring (bicyclic) bond motifs is 3. The van der Waals surface area contributed by atoms with Crippen molar-refractivity contribution in [3.05, 3.63) is 56.6 Å². The Balaban J connectivity index is 2.26. The molecule has 0 bridgehead atoms. The van der Waals surface area contributed by atoms with Crippen molar-refractivity contribution in [1.29, 1.82) is 0 Å². The monoisotopic (exact) mass is 316 g/mol. The zero-order valence-corrected chi connectivity index (χ0v) is 12.1. The first kappa shape index (κ1) is 14.2. The molecule has 2 aromatic rings. The van der Waals surface area contributed by atoms with Gasteiger partial charge in [-0.1, -0.05) is 17.7 Å². The molecule has 1 aliphatic carbocycles. The van der Waals surface area contributed by atoms with Crippen LogP contribution in [0.15, 0.2) is 30.3 Å². The lowest BCUT2D eigenvalue weighted by Gasteiger charge is -2.06. The quantitative estimate of drug-likeness (QED) is 0.579. The SMILES string of the molecule is CC(=O)Nc1cc2c(cc1[N+](=O)[O-])-c1ccc(Cl)cc1C2=O. The summed E-state index contributed by atoms with van der Waals surface area (Å²) < 4.78 is 0. The summed E-state index contributed by atoms with van der Waals surface area (Å²) in [4.78, 5) is 34.2. The Hall–Kier alpha value is -2.73. The lowest BCUT2D eigenvalue weighted by atomic mass is 10.0. The van der Waals surface area contributed by atoms with Gasteiger partial charge < -0.3 is 5.32 Å². The molecule has 0 aliphatic heterocycles. The molecule has 0 saturated heterocycles. The average Bonchev–Trinajstić information content (AvgIpc) is 2.70. The number of rotatable bonds is 2. The summed E-state index contributed by atoms with van der Waals surface area (Å²) in [6, 6.07) is 7.45. The first-order valence-corrected chi connectivity index (χ1v) is 6.71. The van der Waals surface area contributed by atoms with Gasteiger partial charge in [-0.15, -0.1) is 0 Å². The van der Waals surface area contributed by atoms with Crippen molar-refractivity contribution in [3.63, 3.8) is 0 Å². The standard InChI is InChI=1S/C15H9ClN2O4/c1-7(19)17-13-5-12-10(6-14(13)18(21)22)9-3-2-8(16)4-11(9)15(12)20/h2-6H,1H3,(H,17,19). The zero-order valence-electron chi connectivity index (χ0n) is 11.3. The van der Waals surface area contributed by atoms with E-state index in [9.17, 15) is 19.7 Å². The summed E-state index contributed by atoms with van der Waals surface area (Å²) in [5.41, 5.74) is 1.52. The Morgan fingerprint density at radius 2 is 1.82 bits per heavy atom. The van der Waals surface area contributed by atoms with Crippen LogP contribution in [0.5, 0.6) is 0 Å². The Morgan fingerprint density at radius 1 is 1.14 bits per heavy atom. The summed E-state index contributed by atoms with van der Waals surface area (Å²) >= 11 is 5.90. The molecule has 0 aromatic heterocycles. The van der Waals surface area contributed by atoms with Gasteiger partial charge in [-0.05, 0) is 23.8 Å². The number of benzene rings is 2. The molecule has 2 aromatic carbocycles. The van der Waals surface area contributed by atoms with Crippen molar-refractivity contribution in [3.8, 4) is 11.1 Å². The van der Waals surface area contributed by atoms with Gasteiger partial charge in [-0.2, -0.15) is 0 Å². The largest absolute Gasteiger partial charge is 0.321 e. The van der Waals surface area contributed by atoms with Gasteiger partial charge in [-0.3, -0.25) is 19.7 Å². The number of nitrogens with one attached hydrogen (secondary N) is 1. The van der Waals surface area contributed by atoms with E-state index >= 15 is 0 Å².